The fraction of sp³-hybridized carbons (Fsp3) is 0.909. The second-order valence-electron chi connectivity index (χ2n) is 28.3. The van der Waals surface area contributed by atoms with Crippen LogP contribution < -0.4 is 0 Å². The van der Waals surface area contributed by atoms with Gasteiger partial charge in [0.25, 0.3) is 121 Å². The first-order chi connectivity index (χ1) is 64.4. The average Bonchev–Trinajstić information content (AvgIpc) is 0.694. The standard InChI is InChI=1S/C12H26O3S.C8H4F14O3S.2C8H18O3S.C6H14O3S.C4H4F6O3S.C4H10O3S.C3H8O4S.C3H6O3S.2C2H6O3S.C2H4O3S.2CH4O3S.2CO2/c1-2-3-4-5-6-7-8-9-10-11-12-16(13,14)15;1-2(9,10)3(11,12)4(13,14)5(15,16)6(17,18)7(19,20)8(21,22)26(23,24)25;1-3-5-6-8(4-2)7-12(9,10)11;1-2-3-4-5-6-7-8-12(9,10)11;1-2-3-4-5-6-10(7,8)9;1-2(5,6)3(7,8)4(9,10)14(11,12)13;1-2-3-4-8(5,6)7;4-2-1-3-8(5,6)7;1-2-3-7(4,5)6;3*1-2-6(3,4)5;2*1-5(2,3)4;2*2-1-3/h2-12H2,1H3,(H,13,14,15);1H3,(H,23,24,25);8H,3-7H2,1-2H3,(H,9,10,11);2-8H2,1H3,(H,9,10,11);2-6H2,1H3,(H,7,8,9);1H3,(H,11,12,13);2-4H2,1H3,(H,5,6,7);4H,1-3H2,(H,5,6,7);2H,1,3H2,(H,4,5,6);2*2H2,1H3,(H,3,4,5);2H,1H2,(H,3,4,5);2*1H3,(H,2,3,4);;. The summed E-state index contributed by atoms with van der Waals surface area (Å²) in [5.74, 6) is -59.6. The first-order valence-corrected chi connectivity index (χ1v) is 62.9. The van der Waals surface area contributed by atoms with E-state index in [1.807, 2.05) is 20.8 Å². The van der Waals surface area contributed by atoms with E-state index >= 15 is 0 Å². The number of carbonyl (C=O) groups excluding carboxylic acids is 4. The molecule has 0 aromatic carbocycles. The van der Waals surface area contributed by atoms with Gasteiger partial charge in [-0.3, -0.25) is 63.7 Å². The van der Waals surface area contributed by atoms with Crippen molar-refractivity contribution in [3.05, 3.63) is 24.6 Å². The third-order valence-electron chi connectivity index (χ3n) is 14.4. The van der Waals surface area contributed by atoms with Gasteiger partial charge < -0.3 is 5.11 Å². The van der Waals surface area contributed by atoms with Gasteiger partial charge in [0.05, 0.1) is 69.7 Å². The van der Waals surface area contributed by atoms with Crippen LogP contribution in [0.15, 0.2) is 24.6 Å². The van der Waals surface area contributed by atoms with Gasteiger partial charge in [-0.2, -0.15) is 225 Å². The lowest BCUT2D eigenvalue weighted by Crippen LogP contribution is -2.73. The van der Waals surface area contributed by atoms with Crippen molar-refractivity contribution < 1.29 is 294 Å². The lowest BCUT2D eigenvalue weighted by atomic mass is 9.92. The van der Waals surface area contributed by atoms with Crippen molar-refractivity contribution in [1.29, 1.82) is 0 Å². The molecule has 0 rings (SSSR count). The van der Waals surface area contributed by atoms with Crippen LogP contribution in [-0.2, 0) is 161 Å². The van der Waals surface area contributed by atoms with Gasteiger partial charge >= 0.3 is 90.4 Å². The Hall–Kier alpha value is -4.46. The van der Waals surface area contributed by atoms with Crippen LogP contribution in [0.5, 0.6) is 0 Å². The van der Waals surface area contributed by atoms with E-state index < -0.39 is 213 Å². The Labute approximate surface area is 844 Å². The minimum atomic E-state index is -8.38. The molecule has 0 saturated carbocycles. The summed E-state index contributed by atoms with van der Waals surface area (Å²) in [5.41, 5.74) is 0. The van der Waals surface area contributed by atoms with Gasteiger partial charge in [0.2, 0.25) is 0 Å². The predicted molar refractivity (Wildman–Crippen MR) is 489 cm³/mol. The van der Waals surface area contributed by atoms with Gasteiger partial charge in [-0.05, 0) is 58.3 Å². The predicted octanol–water partition coefficient (Wildman–Crippen LogP) is 13.3. The van der Waals surface area contributed by atoms with E-state index in [1.165, 1.54) is 78.1 Å². The molecule has 1 atom stereocenters. The Morgan fingerprint density at radius 2 is 0.456 bits per heavy atom. The minimum Gasteiger partial charge on any atom is -0.396 e. The number of unbranched alkanes of at least 4 members (excludes halogenated alkanes) is 19. The highest BCUT2D eigenvalue weighted by atomic mass is 32.3. The summed E-state index contributed by atoms with van der Waals surface area (Å²) in [6.07, 6.45) is 29.7. The van der Waals surface area contributed by atoms with Gasteiger partial charge in [-0.15, -0.1) is 6.58 Å². The number of aliphatic hydroxyl groups excluding tert-OH is 1. The second-order valence-corrected chi connectivity index (χ2v) is 49.9. The highest BCUT2D eigenvalue weighted by molar-refractivity contribution is 7.89. The topological polar surface area (TPSA) is 850 Å². The molecule has 15 N–H and O–H groups in total. The van der Waals surface area contributed by atoms with Crippen LogP contribution in [0, 0.1) is 5.92 Å². The van der Waals surface area contributed by atoms with Crippen molar-refractivity contribution in [1.82, 2.24) is 0 Å². The van der Waals surface area contributed by atoms with Gasteiger partial charge in [0.1, 0.15) is 0 Å². The summed E-state index contributed by atoms with van der Waals surface area (Å²) in [5, 5.41) is -5.32. The summed E-state index contributed by atoms with van der Waals surface area (Å²) < 4.78 is 638. The van der Waals surface area contributed by atoms with Crippen LogP contribution in [0.4, 0.5) is 87.8 Å². The Morgan fingerprint density at radius 3 is 0.592 bits per heavy atom. The number of hydrogen-bond donors (Lipinski definition) is 15. The monoisotopic (exact) mass is 2500 g/mol. The Bertz CT molecular complexity index is 5160. The zero-order chi connectivity index (χ0) is 123. The van der Waals surface area contributed by atoms with E-state index in [9.17, 15) is 206 Å². The van der Waals surface area contributed by atoms with Gasteiger partial charge in [0.15, 0.2) is 0 Å². The fourth-order valence-corrected chi connectivity index (χ4v) is 12.2. The Balaban J connectivity index is -0.0000000918. The molecule has 0 aliphatic rings. The Kier molecular flexibility index (Phi) is 101. The van der Waals surface area contributed by atoms with E-state index in [1.54, 1.807) is 0 Å². The lowest BCUT2D eigenvalue weighted by Gasteiger charge is -2.41. The lowest BCUT2D eigenvalue weighted by molar-refractivity contribution is -0.434. The first kappa shape index (κ1) is 178. The normalized spacial score (nSPS) is 12.8. The van der Waals surface area contributed by atoms with E-state index in [0.717, 1.165) is 83.1 Å². The van der Waals surface area contributed by atoms with Gasteiger partial charge in [-0.25, -0.2) is 0 Å². The molecule has 0 aromatic heterocycles. The van der Waals surface area contributed by atoms with Crippen molar-refractivity contribution in [3.8, 4) is 0 Å². The molecule has 47 nitrogen and oxygen atoms in total. The maximum absolute atomic E-state index is 13.0. The molecule has 0 aliphatic carbocycles. The molecule has 0 aliphatic heterocycles. The molecule has 0 bridgehead atoms. The van der Waals surface area contributed by atoms with Crippen molar-refractivity contribution in [3.63, 3.8) is 0 Å². The largest absolute Gasteiger partial charge is 0.438 e. The molecular formula is C66H132F20O47S14. The summed E-state index contributed by atoms with van der Waals surface area (Å²) in [6.45, 7) is 18.9. The molecule has 0 radical (unpaired) electrons. The van der Waals surface area contributed by atoms with Gasteiger partial charge in [-0.1, -0.05) is 189 Å². The van der Waals surface area contributed by atoms with Crippen molar-refractivity contribution >= 4 is 154 Å². The van der Waals surface area contributed by atoms with E-state index in [-0.39, 0.29) is 83.0 Å². The number of hydrogen-bond acceptors (Lipinski definition) is 33. The van der Waals surface area contributed by atoms with Crippen molar-refractivity contribution in [2.75, 3.05) is 70.9 Å². The molecule has 902 valence electrons. The SMILES string of the molecule is C=CCS(=O)(=O)O.C=CS(=O)(=O)O.CC(F)(F)C(F)(F)C(F)(F)C(F)(F)C(F)(F)C(F)(F)C(F)(F)S(=O)(=O)O.CC(F)(F)C(F)(F)C(F)(F)S(=O)(=O)O.CCCCC(CC)CS(=O)(=O)O.CCCCCCCCCCCCS(=O)(=O)O.CCCCCCCCS(=O)(=O)O.CCCCCCS(=O)(=O)O.CCCCS(=O)(=O)O.CCS(=O)(=O)O.CCS(=O)(=O)O.CS(=O)(=O)O.CS(=O)(=O)O.O=C=O.O=C=O.O=S(=O)(O)CCCO. The highest BCUT2D eigenvalue weighted by Crippen LogP contribution is 2.63. The quantitative estimate of drug-likeness (QED) is 0.0116. The summed E-state index contributed by atoms with van der Waals surface area (Å²) in [4.78, 5) is 32.5. The van der Waals surface area contributed by atoms with Crippen LogP contribution in [0.2, 0.25) is 0 Å². The number of alkyl halides is 20. The highest BCUT2D eigenvalue weighted by Gasteiger charge is 2.94. The summed E-state index contributed by atoms with van der Waals surface area (Å²) >= 11 is 0. The zero-order valence-corrected chi connectivity index (χ0v) is 91.8. The van der Waals surface area contributed by atoms with Crippen LogP contribution >= 0.6 is 0 Å². The van der Waals surface area contributed by atoms with E-state index in [4.69, 9.17) is 88.0 Å². The van der Waals surface area contributed by atoms with Crippen LogP contribution in [0.3, 0.4) is 0 Å². The second kappa shape index (κ2) is 83.0. The molecule has 0 heterocycles. The molecule has 0 aromatic rings. The van der Waals surface area contributed by atoms with Gasteiger partial charge in [0, 0.05) is 20.5 Å². The molecule has 81 heteroatoms. The number of halogens is 20. The molecular weight excluding hydrogens is 2370 g/mol. The molecule has 147 heavy (non-hydrogen) atoms. The average molecular weight is 2510 g/mol. The molecule has 0 saturated heterocycles. The summed E-state index contributed by atoms with van der Waals surface area (Å²) in [7, 11) is -59.1. The van der Waals surface area contributed by atoms with Crippen LogP contribution in [0.1, 0.15) is 243 Å². The van der Waals surface area contributed by atoms with E-state index in [0.29, 0.717) is 43.6 Å². The van der Waals surface area contributed by atoms with E-state index in [2.05, 4.69) is 33.9 Å². The molecule has 0 amide bonds. The number of rotatable bonds is 50. The smallest absolute Gasteiger partial charge is 0.396 e. The van der Waals surface area contributed by atoms with Crippen molar-refractivity contribution in [2.45, 2.75) is 300 Å². The maximum Gasteiger partial charge on any atom is 0.438 e. The molecule has 0 spiro atoms. The first-order valence-electron chi connectivity index (χ1n) is 40.3. The third kappa shape index (κ3) is 125. The van der Waals surface area contributed by atoms with Crippen LogP contribution in [-0.4, -0.2) is 328 Å². The number of aliphatic hydroxyl groups is 1. The minimum absolute atomic E-state index is 0.0799. The Morgan fingerprint density at radius 1 is 0.272 bits per heavy atom. The fourth-order valence-electron chi connectivity index (χ4n) is 7.10. The third-order valence-corrected chi connectivity index (χ3v) is 23.7. The summed E-state index contributed by atoms with van der Waals surface area (Å²) in [6, 6.07) is 0. The maximum atomic E-state index is 13.0. The molecule has 0 fully saturated rings. The van der Waals surface area contributed by atoms with Crippen molar-refractivity contribution in [2.24, 2.45) is 5.92 Å². The van der Waals surface area contributed by atoms with Crippen LogP contribution in [0.25, 0.3) is 0 Å². The zero-order valence-electron chi connectivity index (χ0n) is 80.4. The molecule has 1 unspecified atom stereocenters.